The van der Waals surface area contributed by atoms with Crippen LogP contribution in [0.25, 0.3) is 11.3 Å². The molecule has 1 aromatic carbocycles. The average molecular weight is 486 g/mol. The maximum Gasteiger partial charge on any atom is 0.255 e. The fourth-order valence-electron chi connectivity index (χ4n) is 3.92. The molecule has 4 N–H and O–H groups in total. The Labute approximate surface area is 203 Å². The Morgan fingerprint density at radius 1 is 1.12 bits per heavy atom. The number of benzene rings is 1. The number of pyridine rings is 1. The number of hydrogen-bond acceptors (Lipinski definition) is 7. The lowest BCUT2D eigenvalue weighted by Crippen LogP contribution is -2.31. The van der Waals surface area contributed by atoms with Gasteiger partial charge in [-0.1, -0.05) is 17.7 Å². The van der Waals surface area contributed by atoms with Crippen LogP contribution in [0.2, 0.25) is 5.02 Å². The number of nitrogens with zero attached hydrogens (tertiary/aromatic N) is 1. The number of H-pyrrole nitrogens is 1. The number of hydrogen-bond donors (Lipinski definition) is 4. The summed E-state index contributed by atoms with van der Waals surface area (Å²) in [6, 6.07) is 7.25. The lowest BCUT2D eigenvalue weighted by atomic mass is 10.0. The standard InChI is InChI=1S/C20H19ClN4O3.C4H9NO/c1-27-15-10-22-8-6-11(15)17-18(16-13(24-17)7-9-23-20(16)26)25-14-5-3-4-12(21)19(14)28-2;1-3-6-4-2-5-1/h3-6,8,10,24-25H,7,9H2,1-2H3,(H,23,26);5H,1-4H2. The number of rotatable bonds is 5. The first-order chi connectivity index (χ1) is 16.6. The van der Waals surface area contributed by atoms with Crippen LogP contribution >= 0.6 is 11.6 Å². The predicted octanol–water partition coefficient (Wildman–Crippen LogP) is 3.38. The van der Waals surface area contributed by atoms with Crippen molar-refractivity contribution in [2.45, 2.75) is 6.42 Å². The molecule has 10 heteroatoms. The molecule has 9 nitrogen and oxygen atoms in total. The number of carbonyl (C=O) groups is 1. The minimum absolute atomic E-state index is 0.139. The Bertz CT molecular complexity index is 1130. The van der Waals surface area contributed by atoms with Gasteiger partial charge in [0.05, 0.1) is 61.3 Å². The van der Waals surface area contributed by atoms with E-state index in [0.717, 1.165) is 43.3 Å². The van der Waals surface area contributed by atoms with E-state index in [1.54, 1.807) is 32.7 Å². The van der Waals surface area contributed by atoms with E-state index >= 15 is 0 Å². The summed E-state index contributed by atoms with van der Waals surface area (Å²) in [5.74, 6) is 0.964. The summed E-state index contributed by atoms with van der Waals surface area (Å²) >= 11 is 6.27. The van der Waals surface area contributed by atoms with Gasteiger partial charge in [0.25, 0.3) is 5.91 Å². The van der Waals surface area contributed by atoms with Crippen molar-refractivity contribution < 1.29 is 19.0 Å². The van der Waals surface area contributed by atoms with Crippen LogP contribution in [0.15, 0.2) is 36.7 Å². The number of aromatic nitrogens is 2. The van der Waals surface area contributed by atoms with Crippen molar-refractivity contribution in [3.63, 3.8) is 0 Å². The van der Waals surface area contributed by atoms with E-state index in [4.69, 9.17) is 25.8 Å². The number of aromatic amines is 1. The number of morpholine rings is 1. The van der Waals surface area contributed by atoms with E-state index in [1.807, 2.05) is 18.2 Å². The quantitative estimate of drug-likeness (QED) is 0.438. The SMILES string of the molecule is C1COCCN1.COc1cnccc1-c1[nH]c2c(c1Nc1cccc(Cl)c1OC)C(=O)NCC2. The van der Waals surface area contributed by atoms with Gasteiger partial charge in [0.2, 0.25) is 0 Å². The zero-order valence-corrected chi connectivity index (χ0v) is 19.9. The van der Waals surface area contributed by atoms with E-state index in [1.165, 1.54) is 0 Å². The smallest absolute Gasteiger partial charge is 0.255 e. The van der Waals surface area contributed by atoms with Crippen LogP contribution in [-0.2, 0) is 11.2 Å². The minimum atomic E-state index is -0.139. The summed E-state index contributed by atoms with van der Waals surface area (Å²) in [6.45, 7) is 4.42. The van der Waals surface area contributed by atoms with Crippen molar-refractivity contribution in [2.75, 3.05) is 52.4 Å². The Balaban J connectivity index is 0.000000398. The van der Waals surface area contributed by atoms with Gasteiger partial charge < -0.3 is 35.1 Å². The van der Waals surface area contributed by atoms with Gasteiger partial charge in [-0.15, -0.1) is 0 Å². The molecule has 1 saturated heterocycles. The van der Waals surface area contributed by atoms with Gasteiger partial charge in [-0.05, 0) is 18.2 Å². The molecule has 0 spiro atoms. The topological polar surface area (TPSA) is 110 Å². The summed E-state index contributed by atoms with van der Waals surface area (Å²) in [5, 5.41) is 9.88. The number of carbonyl (C=O) groups excluding carboxylic acids is 1. The maximum absolute atomic E-state index is 12.6. The van der Waals surface area contributed by atoms with Gasteiger partial charge in [0, 0.05) is 43.5 Å². The van der Waals surface area contributed by atoms with Crippen LogP contribution < -0.4 is 25.4 Å². The number of para-hydroxylation sites is 1. The van der Waals surface area contributed by atoms with Gasteiger partial charge in [0.15, 0.2) is 5.75 Å². The molecule has 34 heavy (non-hydrogen) atoms. The zero-order chi connectivity index (χ0) is 23.9. The van der Waals surface area contributed by atoms with E-state index in [-0.39, 0.29) is 5.91 Å². The van der Waals surface area contributed by atoms with Crippen LogP contribution in [0.1, 0.15) is 16.1 Å². The highest BCUT2D eigenvalue weighted by molar-refractivity contribution is 6.32. The van der Waals surface area contributed by atoms with Gasteiger partial charge in [-0.25, -0.2) is 0 Å². The molecule has 0 aliphatic carbocycles. The number of anilines is 2. The predicted molar refractivity (Wildman–Crippen MR) is 132 cm³/mol. The molecule has 4 heterocycles. The lowest BCUT2D eigenvalue weighted by Gasteiger charge is -2.17. The molecule has 0 unspecified atom stereocenters. The number of fused-ring (bicyclic) bond motifs is 1. The highest BCUT2D eigenvalue weighted by Gasteiger charge is 2.28. The molecule has 2 aromatic heterocycles. The van der Waals surface area contributed by atoms with Crippen LogP contribution in [0, 0.1) is 0 Å². The number of amides is 1. The molecule has 0 saturated carbocycles. The molecule has 0 atom stereocenters. The molecular formula is C24H28ClN5O4. The highest BCUT2D eigenvalue weighted by atomic mass is 35.5. The highest BCUT2D eigenvalue weighted by Crippen LogP contribution is 2.42. The molecule has 180 valence electrons. The van der Waals surface area contributed by atoms with Crippen molar-refractivity contribution in [1.82, 2.24) is 20.6 Å². The van der Waals surface area contributed by atoms with Crippen LogP contribution in [0.3, 0.4) is 0 Å². The number of nitrogens with one attached hydrogen (secondary N) is 4. The van der Waals surface area contributed by atoms with Crippen LogP contribution in [-0.4, -0.2) is 62.9 Å². The van der Waals surface area contributed by atoms with Crippen LogP contribution in [0.4, 0.5) is 11.4 Å². The van der Waals surface area contributed by atoms with E-state index in [0.29, 0.717) is 46.4 Å². The molecular weight excluding hydrogens is 458 g/mol. The summed E-state index contributed by atoms with van der Waals surface area (Å²) < 4.78 is 15.9. The maximum atomic E-state index is 12.6. The third-order valence-electron chi connectivity index (χ3n) is 5.52. The second-order valence-corrected chi connectivity index (χ2v) is 8.03. The van der Waals surface area contributed by atoms with Gasteiger partial charge in [0.1, 0.15) is 5.75 Å². The number of ether oxygens (including phenoxy) is 3. The van der Waals surface area contributed by atoms with Gasteiger partial charge in [-0.2, -0.15) is 0 Å². The van der Waals surface area contributed by atoms with Crippen LogP contribution in [0.5, 0.6) is 11.5 Å². The second-order valence-electron chi connectivity index (χ2n) is 7.62. The van der Waals surface area contributed by atoms with E-state index < -0.39 is 0 Å². The van der Waals surface area contributed by atoms with Gasteiger partial charge >= 0.3 is 0 Å². The monoisotopic (exact) mass is 485 g/mol. The minimum Gasteiger partial charge on any atom is -0.494 e. The van der Waals surface area contributed by atoms with Gasteiger partial charge in [-0.3, -0.25) is 9.78 Å². The van der Waals surface area contributed by atoms with Crippen molar-refractivity contribution in [3.05, 3.63) is 52.9 Å². The van der Waals surface area contributed by atoms with Crippen molar-refractivity contribution in [1.29, 1.82) is 0 Å². The summed E-state index contributed by atoms with van der Waals surface area (Å²) in [5.41, 5.74) is 4.26. The van der Waals surface area contributed by atoms with Crippen molar-refractivity contribution in [2.24, 2.45) is 0 Å². The van der Waals surface area contributed by atoms with Crippen molar-refractivity contribution in [3.8, 4) is 22.8 Å². The normalized spacial score (nSPS) is 14.9. The zero-order valence-electron chi connectivity index (χ0n) is 19.2. The molecule has 0 radical (unpaired) electrons. The molecule has 0 bridgehead atoms. The Hall–Kier alpha value is -3.27. The Morgan fingerprint density at radius 3 is 2.62 bits per heavy atom. The number of halogens is 1. The third-order valence-corrected chi connectivity index (χ3v) is 5.81. The second kappa shape index (κ2) is 11.2. The van der Waals surface area contributed by atoms with Crippen molar-refractivity contribution >= 4 is 28.9 Å². The Morgan fingerprint density at radius 2 is 1.94 bits per heavy atom. The first kappa shape index (κ1) is 23.9. The summed E-state index contributed by atoms with van der Waals surface area (Å²) in [7, 11) is 3.14. The molecule has 1 amide bonds. The molecule has 3 aromatic rings. The molecule has 2 aliphatic rings. The molecule has 2 aliphatic heterocycles. The fraction of sp³-hybridized carbons (Fsp3) is 0.333. The summed E-state index contributed by atoms with van der Waals surface area (Å²) in [4.78, 5) is 20.2. The molecule has 5 rings (SSSR count). The fourth-order valence-corrected chi connectivity index (χ4v) is 4.17. The summed E-state index contributed by atoms with van der Waals surface area (Å²) in [6.07, 6.45) is 4.02. The molecule has 1 fully saturated rings. The largest absolute Gasteiger partial charge is 0.494 e. The average Bonchev–Trinajstić information content (AvgIpc) is 3.25. The third kappa shape index (κ3) is 5.11. The Kier molecular flexibility index (Phi) is 7.89. The number of methoxy groups -OCH3 is 2. The first-order valence-electron chi connectivity index (χ1n) is 11.0. The van der Waals surface area contributed by atoms with E-state index in [2.05, 4.69) is 25.9 Å². The van der Waals surface area contributed by atoms with E-state index in [9.17, 15) is 4.79 Å². The lowest BCUT2D eigenvalue weighted by molar-refractivity contribution is 0.0947. The first-order valence-corrected chi connectivity index (χ1v) is 11.4.